The zero-order chi connectivity index (χ0) is 18.3. The van der Waals surface area contributed by atoms with Crippen LogP contribution < -0.4 is 4.90 Å². The minimum absolute atomic E-state index is 0.102. The molecule has 0 spiro atoms. The summed E-state index contributed by atoms with van der Waals surface area (Å²) in [5.41, 5.74) is 0.914. The van der Waals surface area contributed by atoms with Crippen LogP contribution in [0.5, 0.6) is 0 Å². The lowest BCUT2D eigenvalue weighted by Crippen LogP contribution is -2.39. The van der Waals surface area contributed by atoms with Crippen LogP contribution in [0.25, 0.3) is 11.5 Å². The van der Waals surface area contributed by atoms with Gasteiger partial charge in [0.25, 0.3) is 11.8 Å². The Hall–Kier alpha value is -1.93. The number of aromatic nitrogens is 2. The normalized spacial score (nSPS) is 26.3. The number of rotatable bonds is 4. The third-order valence-electron chi connectivity index (χ3n) is 5.80. The molecule has 1 aromatic heterocycles. The van der Waals surface area contributed by atoms with E-state index in [-0.39, 0.29) is 6.04 Å². The molecular weight excluding hydrogens is 352 g/mol. The van der Waals surface area contributed by atoms with E-state index in [0.29, 0.717) is 23.7 Å². The largest absolute Gasteiger partial charge is 0.338 e. The van der Waals surface area contributed by atoms with Crippen LogP contribution in [-0.2, 0) is 10.0 Å². The van der Waals surface area contributed by atoms with Crippen LogP contribution in [0.1, 0.15) is 19.3 Å². The van der Waals surface area contributed by atoms with Crippen LogP contribution in [-0.4, -0.2) is 55.3 Å². The van der Waals surface area contributed by atoms with Gasteiger partial charge in [0, 0.05) is 31.7 Å². The molecule has 2 fully saturated rings. The van der Waals surface area contributed by atoms with Gasteiger partial charge in [0.05, 0.1) is 6.26 Å². The van der Waals surface area contributed by atoms with Gasteiger partial charge >= 0.3 is 0 Å². The highest BCUT2D eigenvalue weighted by Crippen LogP contribution is 2.41. The van der Waals surface area contributed by atoms with Crippen LogP contribution in [0.15, 0.2) is 34.9 Å². The van der Waals surface area contributed by atoms with Crippen molar-refractivity contribution in [3.63, 3.8) is 0 Å². The van der Waals surface area contributed by atoms with Crippen molar-refractivity contribution >= 4 is 16.0 Å². The van der Waals surface area contributed by atoms with Gasteiger partial charge < -0.3 is 9.42 Å². The molecular formula is C18H24N4O3S. The molecule has 2 heterocycles. The molecule has 140 valence electrons. The van der Waals surface area contributed by atoms with Gasteiger partial charge in [-0.05, 0) is 48.4 Å². The Morgan fingerprint density at radius 3 is 2.65 bits per heavy atom. The Morgan fingerprint density at radius 1 is 1.19 bits per heavy atom. The average molecular weight is 376 g/mol. The lowest BCUT2D eigenvalue weighted by atomic mass is 9.89. The predicted octanol–water partition coefficient (Wildman–Crippen LogP) is 2.23. The summed E-state index contributed by atoms with van der Waals surface area (Å²) in [5.74, 6) is 2.20. The number of anilines is 1. The third-order valence-corrected chi connectivity index (χ3v) is 7.14. The molecule has 1 saturated carbocycles. The third kappa shape index (κ3) is 3.35. The Morgan fingerprint density at radius 2 is 1.92 bits per heavy atom. The van der Waals surface area contributed by atoms with E-state index in [2.05, 4.69) is 15.0 Å². The maximum atomic E-state index is 11.8. The molecule has 7 nitrogen and oxygen atoms in total. The highest BCUT2D eigenvalue weighted by atomic mass is 32.2. The van der Waals surface area contributed by atoms with E-state index in [1.54, 1.807) is 7.05 Å². The van der Waals surface area contributed by atoms with Gasteiger partial charge in [0.2, 0.25) is 10.0 Å². The van der Waals surface area contributed by atoms with E-state index in [1.807, 2.05) is 30.3 Å². The van der Waals surface area contributed by atoms with E-state index >= 15 is 0 Å². The number of fused-ring (bicyclic) bond motifs is 1. The molecule has 0 amide bonds. The van der Waals surface area contributed by atoms with Crippen LogP contribution in [0.4, 0.5) is 5.95 Å². The Kier molecular flexibility index (Phi) is 4.48. The van der Waals surface area contributed by atoms with Crippen molar-refractivity contribution in [1.82, 2.24) is 14.4 Å². The highest BCUT2D eigenvalue weighted by molar-refractivity contribution is 7.88. The molecule has 0 bridgehead atoms. The Balaban J connectivity index is 1.45. The topological polar surface area (TPSA) is 79.5 Å². The van der Waals surface area contributed by atoms with Gasteiger partial charge in [-0.2, -0.15) is 4.98 Å². The summed E-state index contributed by atoms with van der Waals surface area (Å²) >= 11 is 0. The smallest absolute Gasteiger partial charge is 0.266 e. The first-order chi connectivity index (χ1) is 12.4. The van der Waals surface area contributed by atoms with Crippen molar-refractivity contribution in [3.05, 3.63) is 30.3 Å². The molecule has 0 radical (unpaired) electrons. The number of piperidine rings is 1. The monoisotopic (exact) mass is 376 g/mol. The molecule has 1 aromatic carbocycles. The fraction of sp³-hybridized carbons (Fsp3) is 0.556. The second-order valence-electron chi connectivity index (χ2n) is 7.42. The molecule has 8 heteroatoms. The molecule has 1 saturated heterocycles. The molecule has 2 aliphatic rings. The fourth-order valence-electron chi connectivity index (χ4n) is 4.24. The molecule has 0 N–H and O–H groups in total. The molecule has 26 heavy (non-hydrogen) atoms. The lowest BCUT2D eigenvalue weighted by Gasteiger charge is -2.33. The van der Waals surface area contributed by atoms with Crippen LogP contribution in [0.3, 0.4) is 0 Å². The summed E-state index contributed by atoms with van der Waals surface area (Å²) in [7, 11) is -1.45. The van der Waals surface area contributed by atoms with Gasteiger partial charge in [0.15, 0.2) is 0 Å². The second-order valence-corrected chi connectivity index (χ2v) is 9.47. The summed E-state index contributed by atoms with van der Waals surface area (Å²) < 4.78 is 30.6. The zero-order valence-corrected chi connectivity index (χ0v) is 15.9. The van der Waals surface area contributed by atoms with E-state index in [0.717, 1.165) is 37.9 Å². The van der Waals surface area contributed by atoms with Crippen molar-refractivity contribution < 1.29 is 12.9 Å². The minimum Gasteiger partial charge on any atom is -0.338 e. The van der Waals surface area contributed by atoms with Crippen molar-refractivity contribution in [1.29, 1.82) is 0 Å². The molecule has 1 aliphatic heterocycles. The highest BCUT2D eigenvalue weighted by Gasteiger charge is 2.41. The molecule has 3 atom stereocenters. The summed E-state index contributed by atoms with van der Waals surface area (Å²) in [4.78, 5) is 6.72. The molecule has 2 aromatic rings. The zero-order valence-electron chi connectivity index (χ0n) is 15.1. The Labute approximate surface area is 154 Å². The maximum Gasteiger partial charge on any atom is 0.266 e. The van der Waals surface area contributed by atoms with Crippen LogP contribution in [0.2, 0.25) is 0 Å². The minimum atomic E-state index is -3.14. The number of nitrogens with zero attached hydrogens (tertiary/aromatic N) is 4. The number of sulfonamides is 1. The van der Waals surface area contributed by atoms with Gasteiger partial charge in [-0.15, -0.1) is 0 Å². The van der Waals surface area contributed by atoms with Gasteiger partial charge in [-0.25, -0.2) is 12.7 Å². The van der Waals surface area contributed by atoms with Crippen molar-refractivity contribution in [2.45, 2.75) is 25.3 Å². The summed E-state index contributed by atoms with van der Waals surface area (Å²) in [6.07, 6.45) is 4.16. The summed E-state index contributed by atoms with van der Waals surface area (Å²) in [5, 5.41) is 4.16. The lowest BCUT2D eigenvalue weighted by molar-refractivity contribution is 0.318. The van der Waals surface area contributed by atoms with E-state index in [1.165, 1.54) is 10.6 Å². The van der Waals surface area contributed by atoms with Crippen LogP contribution >= 0.6 is 0 Å². The average Bonchev–Trinajstić information content (AvgIpc) is 3.27. The quantitative estimate of drug-likeness (QED) is 0.814. The standard InChI is InChI=1S/C18H24N4O3S/c1-21(26(2,23)24)16-10-14-8-9-22(12-15(14)11-16)18-19-17(25-20-18)13-6-4-3-5-7-13/h3-7,14-16H,8-12H2,1-2H3/t14-,15-,16+/m1/s1. The maximum absolute atomic E-state index is 11.8. The number of hydrogen-bond donors (Lipinski definition) is 0. The van der Waals surface area contributed by atoms with Gasteiger partial charge in [-0.3, -0.25) is 0 Å². The van der Waals surface area contributed by atoms with E-state index < -0.39 is 10.0 Å². The Bertz CT molecular complexity index is 868. The van der Waals surface area contributed by atoms with Gasteiger partial charge in [0.1, 0.15) is 0 Å². The number of benzene rings is 1. The molecule has 4 rings (SSSR count). The van der Waals surface area contributed by atoms with Crippen LogP contribution in [0, 0.1) is 11.8 Å². The first-order valence-corrected chi connectivity index (χ1v) is 10.8. The first-order valence-electron chi connectivity index (χ1n) is 8.99. The summed E-state index contributed by atoms with van der Waals surface area (Å²) in [6.45, 7) is 1.73. The van der Waals surface area contributed by atoms with Crippen molar-refractivity contribution in [2.24, 2.45) is 11.8 Å². The first kappa shape index (κ1) is 17.5. The predicted molar refractivity (Wildman–Crippen MR) is 99.2 cm³/mol. The van der Waals surface area contributed by atoms with E-state index in [4.69, 9.17) is 4.52 Å². The van der Waals surface area contributed by atoms with Gasteiger partial charge in [-0.1, -0.05) is 18.2 Å². The SMILES string of the molecule is CN([C@H]1C[C@H]2CCN(c3noc(-c4ccccc4)n3)C[C@H]2C1)S(C)(=O)=O. The van der Waals surface area contributed by atoms with Crippen molar-refractivity contribution in [3.8, 4) is 11.5 Å². The molecule has 0 unspecified atom stereocenters. The fourth-order valence-corrected chi connectivity index (χ4v) is 4.96. The van der Waals surface area contributed by atoms with Crippen molar-refractivity contribution in [2.75, 3.05) is 31.3 Å². The second kappa shape index (κ2) is 6.66. The molecule has 1 aliphatic carbocycles. The summed E-state index contributed by atoms with van der Waals surface area (Å²) in [6, 6.07) is 9.85. The number of hydrogen-bond acceptors (Lipinski definition) is 6. The van der Waals surface area contributed by atoms with E-state index in [9.17, 15) is 8.42 Å².